The minimum atomic E-state index is -0.187. The lowest BCUT2D eigenvalue weighted by Gasteiger charge is -2.10. The summed E-state index contributed by atoms with van der Waals surface area (Å²) in [5.74, 6) is 1.09. The minimum Gasteiger partial charge on any atom is -0.496 e. The number of nitrogens with zero attached hydrogens (tertiary/aromatic N) is 1. The van der Waals surface area contributed by atoms with Crippen LogP contribution in [0.15, 0.2) is 60.8 Å². The standard InChI is InChI=1S/C17H14N2O2/c1-21-15-10-9-14(12-6-2-3-7-13(12)15)17(20)19-16-8-4-5-11-18-16/h2-11H,1H3,(H,18,19,20). The molecule has 0 aliphatic heterocycles. The van der Waals surface area contributed by atoms with Gasteiger partial charge in [-0.2, -0.15) is 0 Å². The van der Waals surface area contributed by atoms with Crippen LogP contribution in [0.4, 0.5) is 5.82 Å². The molecule has 0 unspecified atom stereocenters. The number of hydrogen-bond donors (Lipinski definition) is 1. The number of anilines is 1. The molecule has 0 saturated heterocycles. The molecule has 1 N–H and O–H groups in total. The van der Waals surface area contributed by atoms with Crippen LogP contribution in [0.1, 0.15) is 10.4 Å². The molecule has 4 heteroatoms. The molecule has 3 aromatic rings. The maximum atomic E-state index is 12.4. The molecule has 1 heterocycles. The Morgan fingerprint density at radius 3 is 2.48 bits per heavy atom. The quantitative estimate of drug-likeness (QED) is 0.797. The van der Waals surface area contributed by atoms with Crippen molar-refractivity contribution in [3.05, 3.63) is 66.4 Å². The van der Waals surface area contributed by atoms with E-state index in [0.29, 0.717) is 11.4 Å². The molecule has 1 aromatic heterocycles. The number of ether oxygens (including phenoxy) is 1. The van der Waals surface area contributed by atoms with Gasteiger partial charge in [0.25, 0.3) is 5.91 Å². The number of rotatable bonds is 3. The van der Waals surface area contributed by atoms with Crippen molar-refractivity contribution in [3.63, 3.8) is 0 Å². The first-order valence-corrected chi connectivity index (χ1v) is 6.58. The Bertz CT molecular complexity index is 785. The van der Waals surface area contributed by atoms with E-state index in [1.54, 1.807) is 37.6 Å². The van der Waals surface area contributed by atoms with E-state index < -0.39 is 0 Å². The molecule has 0 saturated carbocycles. The summed E-state index contributed by atoms with van der Waals surface area (Å²) >= 11 is 0. The first-order valence-electron chi connectivity index (χ1n) is 6.58. The summed E-state index contributed by atoms with van der Waals surface area (Å²) in [5.41, 5.74) is 0.594. The number of benzene rings is 2. The zero-order valence-electron chi connectivity index (χ0n) is 11.5. The molecule has 3 rings (SSSR count). The lowest BCUT2D eigenvalue weighted by Crippen LogP contribution is -2.13. The third-order valence-electron chi connectivity index (χ3n) is 3.26. The zero-order chi connectivity index (χ0) is 14.7. The monoisotopic (exact) mass is 278 g/mol. The van der Waals surface area contributed by atoms with E-state index in [-0.39, 0.29) is 5.91 Å². The third kappa shape index (κ3) is 2.56. The van der Waals surface area contributed by atoms with Gasteiger partial charge in [-0.05, 0) is 29.7 Å². The molecule has 104 valence electrons. The van der Waals surface area contributed by atoms with Gasteiger partial charge >= 0.3 is 0 Å². The molecular formula is C17H14N2O2. The van der Waals surface area contributed by atoms with Crippen LogP contribution < -0.4 is 10.1 Å². The van der Waals surface area contributed by atoms with E-state index in [1.807, 2.05) is 30.3 Å². The fraction of sp³-hybridized carbons (Fsp3) is 0.0588. The summed E-state index contributed by atoms with van der Waals surface area (Å²) in [6, 6.07) is 16.6. The number of methoxy groups -OCH3 is 1. The molecule has 0 spiro atoms. The summed E-state index contributed by atoms with van der Waals surface area (Å²) in [7, 11) is 1.62. The second-order valence-electron chi connectivity index (χ2n) is 4.53. The molecular weight excluding hydrogens is 264 g/mol. The molecule has 2 aromatic carbocycles. The molecule has 0 bridgehead atoms. The highest BCUT2D eigenvalue weighted by molar-refractivity contribution is 6.13. The van der Waals surface area contributed by atoms with Crippen molar-refractivity contribution in [1.82, 2.24) is 4.98 Å². The number of carbonyl (C=O) groups excluding carboxylic acids is 1. The van der Waals surface area contributed by atoms with Crippen molar-refractivity contribution in [2.45, 2.75) is 0 Å². The van der Waals surface area contributed by atoms with E-state index in [1.165, 1.54) is 0 Å². The average molecular weight is 278 g/mol. The van der Waals surface area contributed by atoms with Crippen molar-refractivity contribution >= 4 is 22.5 Å². The Kier molecular flexibility index (Phi) is 3.51. The average Bonchev–Trinajstić information content (AvgIpc) is 2.54. The zero-order valence-corrected chi connectivity index (χ0v) is 11.5. The molecule has 1 amide bonds. The molecule has 21 heavy (non-hydrogen) atoms. The maximum Gasteiger partial charge on any atom is 0.257 e. The molecule has 0 aliphatic carbocycles. The highest BCUT2D eigenvalue weighted by Crippen LogP contribution is 2.28. The van der Waals surface area contributed by atoms with E-state index in [4.69, 9.17) is 4.74 Å². The van der Waals surface area contributed by atoms with Gasteiger partial charge in [0, 0.05) is 17.1 Å². The van der Waals surface area contributed by atoms with Crippen LogP contribution in [0.25, 0.3) is 10.8 Å². The van der Waals surface area contributed by atoms with Gasteiger partial charge in [-0.25, -0.2) is 4.98 Å². The summed E-state index contributed by atoms with van der Waals surface area (Å²) in [6.45, 7) is 0. The van der Waals surface area contributed by atoms with Crippen LogP contribution in [-0.2, 0) is 0 Å². The smallest absolute Gasteiger partial charge is 0.257 e. The van der Waals surface area contributed by atoms with Gasteiger partial charge < -0.3 is 10.1 Å². The predicted octanol–water partition coefficient (Wildman–Crippen LogP) is 3.50. The topological polar surface area (TPSA) is 51.2 Å². The first-order chi connectivity index (χ1) is 10.3. The van der Waals surface area contributed by atoms with Crippen molar-refractivity contribution < 1.29 is 9.53 Å². The van der Waals surface area contributed by atoms with Crippen LogP contribution in [-0.4, -0.2) is 18.0 Å². The summed E-state index contributed by atoms with van der Waals surface area (Å²) in [6.07, 6.45) is 1.64. The van der Waals surface area contributed by atoms with Crippen molar-refractivity contribution in [2.75, 3.05) is 12.4 Å². The van der Waals surface area contributed by atoms with Crippen LogP contribution in [0.3, 0.4) is 0 Å². The van der Waals surface area contributed by atoms with Gasteiger partial charge in [-0.3, -0.25) is 4.79 Å². The Hall–Kier alpha value is -2.88. The normalized spacial score (nSPS) is 10.3. The van der Waals surface area contributed by atoms with Gasteiger partial charge in [0.15, 0.2) is 0 Å². The van der Waals surface area contributed by atoms with E-state index in [0.717, 1.165) is 16.5 Å². The van der Waals surface area contributed by atoms with Crippen LogP contribution in [0, 0.1) is 0 Å². The SMILES string of the molecule is COc1ccc(C(=O)Nc2ccccn2)c2ccccc12. The Balaban J connectivity index is 2.03. The molecule has 4 nitrogen and oxygen atoms in total. The van der Waals surface area contributed by atoms with Gasteiger partial charge in [-0.1, -0.05) is 30.3 Å². The Morgan fingerprint density at radius 1 is 1.00 bits per heavy atom. The molecule has 0 aliphatic rings. The second kappa shape index (κ2) is 5.63. The number of pyridine rings is 1. The largest absolute Gasteiger partial charge is 0.496 e. The van der Waals surface area contributed by atoms with Crippen molar-refractivity contribution in [2.24, 2.45) is 0 Å². The minimum absolute atomic E-state index is 0.187. The van der Waals surface area contributed by atoms with Gasteiger partial charge in [0.2, 0.25) is 0 Å². The van der Waals surface area contributed by atoms with Gasteiger partial charge in [0.05, 0.1) is 7.11 Å². The van der Waals surface area contributed by atoms with Gasteiger partial charge in [0.1, 0.15) is 11.6 Å². The maximum absolute atomic E-state index is 12.4. The van der Waals surface area contributed by atoms with E-state index in [2.05, 4.69) is 10.3 Å². The highest BCUT2D eigenvalue weighted by atomic mass is 16.5. The van der Waals surface area contributed by atoms with Crippen LogP contribution in [0.5, 0.6) is 5.75 Å². The van der Waals surface area contributed by atoms with E-state index >= 15 is 0 Å². The molecule has 0 radical (unpaired) electrons. The van der Waals surface area contributed by atoms with Gasteiger partial charge in [-0.15, -0.1) is 0 Å². The second-order valence-corrected chi connectivity index (χ2v) is 4.53. The van der Waals surface area contributed by atoms with E-state index in [9.17, 15) is 4.79 Å². The number of fused-ring (bicyclic) bond motifs is 1. The number of nitrogens with one attached hydrogen (secondary N) is 1. The first kappa shape index (κ1) is 13.1. The predicted molar refractivity (Wildman–Crippen MR) is 82.7 cm³/mol. The lowest BCUT2D eigenvalue weighted by molar-refractivity contribution is 0.102. The Morgan fingerprint density at radius 2 is 1.76 bits per heavy atom. The summed E-state index contributed by atoms with van der Waals surface area (Å²) in [5, 5.41) is 4.56. The summed E-state index contributed by atoms with van der Waals surface area (Å²) < 4.78 is 5.34. The summed E-state index contributed by atoms with van der Waals surface area (Å²) in [4.78, 5) is 16.5. The number of aromatic nitrogens is 1. The lowest BCUT2D eigenvalue weighted by atomic mass is 10.0. The van der Waals surface area contributed by atoms with Crippen molar-refractivity contribution in [1.29, 1.82) is 0 Å². The third-order valence-corrected chi connectivity index (χ3v) is 3.26. The number of amides is 1. The van der Waals surface area contributed by atoms with Crippen LogP contribution in [0.2, 0.25) is 0 Å². The molecule has 0 atom stereocenters. The fourth-order valence-corrected chi connectivity index (χ4v) is 2.27. The Labute approximate surface area is 122 Å². The van der Waals surface area contributed by atoms with Crippen LogP contribution >= 0.6 is 0 Å². The fourth-order valence-electron chi connectivity index (χ4n) is 2.27. The number of carbonyl (C=O) groups is 1. The molecule has 0 fully saturated rings. The van der Waals surface area contributed by atoms with Crippen molar-refractivity contribution in [3.8, 4) is 5.75 Å². The highest BCUT2D eigenvalue weighted by Gasteiger charge is 2.13. The number of hydrogen-bond acceptors (Lipinski definition) is 3.